The van der Waals surface area contributed by atoms with Crippen LogP contribution in [-0.4, -0.2) is 24.7 Å². The number of carbonyl (C=O) groups is 1. The molecule has 0 aliphatic carbocycles. The van der Waals surface area contributed by atoms with Gasteiger partial charge < -0.3 is 10.0 Å². The molecule has 3 nitrogen and oxygen atoms in total. The first-order valence-corrected chi connectivity index (χ1v) is 4.51. The van der Waals surface area contributed by atoms with E-state index in [2.05, 4.69) is 0 Å². The Morgan fingerprint density at radius 2 is 2.00 bits per heavy atom. The van der Waals surface area contributed by atoms with Gasteiger partial charge >= 0.3 is 12.1 Å². The molecule has 0 unspecified atom stereocenters. The van der Waals surface area contributed by atoms with Crippen molar-refractivity contribution in [3.05, 3.63) is 29.6 Å². The number of halogens is 4. The molecule has 0 spiro atoms. The third kappa shape index (κ3) is 3.33. The van der Waals surface area contributed by atoms with Gasteiger partial charge in [-0.1, -0.05) is 0 Å². The maximum atomic E-state index is 13.3. The number of hydrogen-bond donors (Lipinski definition) is 1. The minimum atomic E-state index is -4.62. The highest BCUT2D eigenvalue weighted by molar-refractivity contribution is 5.73. The van der Waals surface area contributed by atoms with E-state index in [1.165, 1.54) is 7.05 Å². The molecule has 0 radical (unpaired) electrons. The Morgan fingerprint density at radius 3 is 2.41 bits per heavy atom. The number of nitrogens with zero attached hydrogens (tertiary/aromatic N) is 1. The lowest BCUT2D eigenvalue weighted by molar-refractivity contribution is -0.138. The normalized spacial score (nSPS) is 11.4. The second-order valence-corrected chi connectivity index (χ2v) is 3.41. The molecule has 1 aromatic rings. The number of likely N-dealkylation sites (N-methyl/N-ethyl adjacent to an activating group) is 1. The van der Waals surface area contributed by atoms with E-state index in [0.717, 1.165) is 11.0 Å². The van der Waals surface area contributed by atoms with E-state index in [9.17, 15) is 22.4 Å². The number of benzene rings is 1. The molecule has 0 aromatic heterocycles. The van der Waals surface area contributed by atoms with Crippen molar-refractivity contribution in [2.75, 3.05) is 18.5 Å². The lowest BCUT2D eigenvalue weighted by Crippen LogP contribution is -2.26. The van der Waals surface area contributed by atoms with Gasteiger partial charge in [-0.2, -0.15) is 13.2 Å². The van der Waals surface area contributed by atoms with Gasteiger partial charge in [-0.05, 0) is 18.2 Å². The van der Waals surface area contributed by atoms with Crippen LogP contribution in [0.4, 0.5) is 23.2 Å². The molecule has 94 valence electrons. The van der Waals surface area contributed by atoms with E-state index < -0.39 is 30.1 Å². The van der Waals surface area contributed by atoms with E-state index >= 15 is 0 Å². The fourth-order valence-corrected chi connectivity index (χ4v) is 1.28. The van der Waals surface area contributed by atoms with Crippen molar-refractivity contribution < 1.29 is 27.5 Å². The highest BCUT2D eigenvalue weighted by atomic mass is 19.4. The summed E-state index contributed by atoms with van der Waals surface area (Å²) in [5.74, 6) is -2.31. The number of hydrogen-bond acceptors (Lipinski definition) is 2. The van der Waals surface area contributed by atoms with Gasteiger partial charge in [0.25, 0.3) is 0 Å². The van der Waals surface area contributed by atoms with Gasteiger partial charge in [0.2, 0.25) is 0 Å². The molecule has 0 atom stereocenters. The van der Waals surface area contributed by atoms with E-state index in [1.807, 2.05) is 0 Å². The van der Waals surface area contributed by atoms with Crippen molar-refractivity contribution in [1.29, 1.82) is 0 Å². The van der Waals surface area contributed by atoms with Crippen molar-refractivity contribution in [2.24, 2.45) is 0 Å². The van der Waals surface area contributed by atoms with Gasteiger partial charge in [-0.3, -0.25) is 4.79 Å². The van der Waals surface area contributed by atoms with Crippen LogP contribution < -0.4 is 4.90 Å². The molecule has 7 heteroatoms. The summed E-state index contributed by atoms with van der Waals surface area (Å²) in [4.78, 5) is 11.4. The van der Waals surface area contributed by atoms with E-state index in [-0.39, 0.29) is 5.69 Å². The molecule has 17 heavy (non-hydrogen) atoms. The lowest BCUT2D eigenvalue weighted by Gasteiger charge is -2.18. The Labute approximate surface area is 94.3 Å². The number of alkyl halides is 3. The topological polar surface area (TPSA) is 40.5 Å². The molecule has 0 saturated carbocycles. The molecule has 1 N–H and O–H groups in total. The molecule has 0 aliphatic heterocycles. The highest BCUT2D eigenvalue weighted by Gasteiger charge is 2.31. The van der Waals surface area contributed by atoms with Crippen LogP contribution in [0.5, 0.6) is 0 Å². The first-order chi connectivity index (χ1) is 7.71. The largest absolute Gasteiger partial charge is 0.480 e. The number of rotatable bonds is 3. The summed E-state index contributed by atoms with van der Waals surface area (Å²) in [5, 5.41) is 8.48. The SMILES string of the molecule is CN(CC(=O)O)c1ccc(C(F)(F)F)cc1F. The maximum Gasteiger partial charge on any atom is 0.416 e. The van der Waals surface area contributed by atoms with Gasteiger partial charge in [0.15, 0.2) is 0 Å². The molecular weight excluding hydrogens is 242 g/mol. The van der Waals surface area contributed by atoms with Crippen LogP contribution in [0.3, 0.4) is 0 Å². The van der Waals surface area contributed by atoms with Crippen molar-refractivity contribution in [3.63, 3.8) is 0 Å². The zero-order chi connectivity index (χ0) is 13.2. The minimum absolute atomic E-state index is 0.194. The second kappa shape index (κ2) is 4.60. The number of carboxylic acids is 1. The predicted molar refractivity (Wildman–Crippen MR) is 52.3 cm³/mol. The van der Waals surface area contributed by atoms with E-state index in [4.69, 9.17) is 5.11 Å². The van der Waals surface area contributed by atoms with Crippen LogP contribution in [-0.2, 0) is 11.0 Å². The summed E-state index contributed by atoms with van der Waals surface area (Å²) in [7, 11) is 1.28. The van der Waals surface area contributed by atoms with E-state index in [0.29, 0.717) is 12.1 Å². The highest BCUT2D eigenvalue weighted by Crippen LogP contribution is 2.31. The van der Waals surface area contributed by atoms with Gasteiger partial charge in [0, 0.05) is 7.05 Å². The Balaban J connectivity index is 3.02. The monoisotopic (exact) mass is 251 g/mol. The van der Waals surface area contributed by atoms with Crippen molar-refractivity contribution in [1.82, 2.24) is 0 Å². The fourth-order valence-electron chi connectivity index (χ4n) is 1.28. The van der Waals surface area contributed by atoms with Crippen molar-refractivity contribution >= 4 is 11.7 Å². The molecule has 0 amide bonds. The molecule has 0 bridgehead atoms. The summed E-state index contributed by atoms with van der Waals surface area (Å²) < 4.78 is 50.1. The maximum absolute atomic E-state index is 13.3. The minimum Gasteiger partial charge on any atom is -0.480 e. The van der Waals surface area contributed by atoms with E-state index in [1.54, 1.807) is 0 Å². The molecule has 0 saturated heterocycles. The Bertz CT molecular complexity index is 431. The Hall–Kier alpha value is -1.79. The molecule has 0 fully saturated rings. The number of carboxylic acid groups (broad SMARTS) is 1. The number of aliphatic carboxylic acids is 1. The molecule has 1 aromatic carbocycles. The zero-order valence-electron chi connectivity index (χ0n) is 8.75. The molecule has 0 aliphatic rings. The number of anilines is 1. The van der Waals surface area contributed by atoms with Crippen molar-refractivity contribution in [3.8, 4) is 0 Å². The average molecular weight is 251 g/mol. The smallest absolute Gasteiger partial charge is 0.416 e. The Kier molecular flexibility index (Phi) is 3.59. The van der Waals surface area contributed by atoms with Crippen molar-refractivity contribution in [2.45, 2.75) is 6.18 Å². The average Bonchev–Trinajstić information content (AvgIpc) is 2.14. The lowest BCUT2D eigenvalue weighted by atomic mass is 10.2. The first-order valence-electron chi connectivity index (χ1n) is 4.51. The second-order valence-electron chi connectivity index (χ2n) is 3.41. The summed E-state index contributed by atoms with van der Waals surface area (Å²) in [5.41, 5.74) is -1.30. The third-order valence-corrected chi connectivity index (χ3v) is 2.06. The van der Waals surface area contributed by atoms with Crippen LogP contribution in [0, 0.1) is 5.82 Å². The van der Waals surface area contributed by atoms with Crippen LogP contribution in [0.15, 0.2) is 18.2 Å². The van der Waals surface area contributed by atoms with Gasteiger partial charge in [-0.25, -0.2) is 4.39 Å². The quantitative estimate of drug-likeness (QED) is 0.838. The summed E-state index contributed by atoms with van der Waals surface area (Å²) in [6, 6.07) is 1.95. The Morgan fingerprint density at radius 1 is 1.41 bits per heavy atom. The fraction of sp³-hybridized carbons (Fsp3) is 0.300. The molecule has 0 heterocycles. The van der Waals surface area contributed by atoms with Gasteiger partial charge in [0.05, 0.1) is 11.3 Å². The molecule has 1 rings (SSSR count). The first kappa shape index (κ1) is 13.3. The van der Waals surface area contributed by atoms with Gasteiger partial charge in [0.1, 0.15) is 12.4 Å². The van der Waals surface area contributed by atoms with Gasteiger partial charge in [-0.15, -0.1) is 0 Å². The molecular formula is C10H9F4NO2. The van der Waals surface area contributed by atoms with Crippen LogP contribution in [0.2, 0.25) is 0 Å². The third-order valence-electron chi connectivity index (χ3n) is 2.06. The van der Waals surface area contributed by atoms with Crippen LogP contribution in [0.1, 0.15) is 5.56 Å². The summed E-state index contributed by atoms with van der Waals surface area (Å²) >= 11 is 0. The van der Waals surface area contributed by atoms with Crippen LogP contribution >= 0.6 is 0 Å². The summed E-state index contributed by atoms with van der Waals surface area (Å²) in [6.07, 6.45) is -4.62. The van der Waals surface area contributed by atoms with Crippen LogP contribution in [0.25, 0.3) is 0 Å². The predicted octanol–water partition coefficient (Wildman–Crippen LogP) is 2.37. The standard InChI is InChI=1S/C10H9F4NO2/c1-15(5-9(16)17)8-3-2-6(4-7(8)11)10(12,13)14/h2-4H,5H2,1H3,(H,16,17). The summed E-state index contributed by atoms with van der Waals surface area (Å²) in [6.45, 7) is -0.498. The zero-order valence-corrected chi connectivity index (χ0v) is 8.75.